The van der Waals surface area contributed by atoms with Crippen molar-refractivity contribution in [3.05, 3.63) is 71.7 Å². The van der Waals surface area contributed by atoms with Gasteiger partial charge in [-0.15, -0.1) is 0 Å². The van der Waals surface area contributed by atoms with Gasteiger partial charge in [0.05, 0.1) is 23.3 Å². The maximum Gasteiger partial charge on any atom is 0.408 e. The molecule has 0 saturated carbocycles. The summed E-state index contributed by atoms with van der Waals surface area (Å²) in [4.78, 5) is 4.86. The van der Waals surface area contributed by atoms with Gasteiger partial charge in [0.2, 0.25) is 0 Å². The number of nitrogens with zero attached hydrogens (tertiary/aromatic N) is 8. The third kappa shape index (κ3) is 9.52. The van der Waals surface area contributed by atoms with E-state index in [0.717, 1.165) is 73.7 Å². The lowest BCUT2D eigenvalue weighted by Crippen LogP contribution is -2.28. The second kappa shape index (κ2) is 18.1. The summed E-state index contributed by atoms with van der Waals surface area (Å²) in [7, 11) is 0. The molecule has 0 saturated heterocycles. The first-order valence-corrected chi connectivity index (χ1v) is 15.9. The lowest BCUT2D eigenvalue weighted by molar-refractivity contribution is -0.677. The SMILES string of the molecule is C.C.CCN(CCCCN(CC)c1ccc(N=Nc2scc[n+]2CC)cc1)c1ccc(N=Nc2scc[n+]2CC)cc1. The molecule has 0 fully saturated rings. The zero-order chi connectivity index (χ0) is 28.2. The molecular formula is C32H48N8S2+2. The zero-order valence-corrected chi connectivity index (χ0v) is 25.6. The van der Waals surface area contributed by atoms with E-state index in [9.17, 15) is 0 Å². The number of rotatable bonds is 15. The van der Waals surface area contributed by atoms with Crippen molar-refractivity contribution >= 4 is 55.7 Å². The van der Waals surface area contributed by atoms with Gasteiger partial charge in [-0.05, 0) is 122 Å². The lowest BCUT2D eigenvalue weighted by Gasteiger charge is -2.26. The van der Waals surface area contributed by atoms with Crippen LogP contribution in [0.15, 0.2) is 92.1 Å². The molecule has 0 N–H and O–H groups in total. The molecule has 0 radical (unpaired) electrons. The quantitative estimate of drug-likeness (QED) is 0.0766. The van der Waals surface area contributed by atoms with Gasteiger partial charge >= 0.3 is 10.3 Å². The van der Waals surface area contributed by atoms with Crippen LogP contribution >= 0.6 is 22.7 Å². The molecular weight excluding hydrogens is 561 g/mol. The van der Waals surface area contributed by atoms with Crippen molar-refractivity contribution in [1.29, 1.82) is 0 Å². The summed E-state index contributed by atoms with van der Waals surface area (Å²) in [6.07, 6.45) is 6.34. The van der Waals surface area contributed by atoms with Crippen LogP contribution in [0.3, 0.4) is 0 Å². The number of unbranched alkanes of at least 4 members (excludes halogenated alkanes) is 1. The summed E-state index contributed by atoms with van der Waals surface area (Å²) in [5.74, 6) is 0. The second-order valence-corrected chi connectivity index (χ2v) is 11.0. The minimum Gasteiger partial charge on any atom is -0.372 e. The summed E-state index contributed by atoms with van der Waals surface area (Å²) < 4.78 is 4.19. The number of aryl methyl sites for hydroxylation is 2. The molecule has 10 heteroatoms. The molecule has 0 aliphatic carbocycles. The van der Waals surface area contributed by atoms with Crippen LogP contribution in [-0.2, 0) is 13.1 Å². The maximum absolute atomic E-state index is 4.43. The molecule has 0 amide bonds. The van der Waals surface area contributed by atoms with Gasteiger partial charge in [-0.1, -0.05) is 14.9 Å². The van der Waals surface area contributed by atoms with Crippen LogP contribution in [0.5, 0.6) is 0 Å². The lowest BCUT2D eigenvalue weighted by atomic mass is 10.2. The van der Waals surface area contributed by atoms with Crippen LogP contribution in [0.4, 0.5) is 33.0 Å². The summed E-state index contributed by atoms with van der Waals surface area (Å²) in [6.45, 7) is 14.4. The highest BCUT2D eigenvalue weighted by Gasteiger charge is 2.12. The minimum absolute atomic E-state index is 0. The van der Waals surface area contributed by atoms with E-state index >= 15 is 0 Å². The Kier molecular flexibility index (Phi) is 15.0. The number of benzene rings is 2. The summed E-state index contributed by atoms with van der Waals surface area (Å²) in [5.41, 5.74) is 4.20. The van der Waals surface area contributed by atoms with Crippen molar-refractivity contribution in [1.82, 2.24) is 0 Å². The molecule has 0 bridgehead atoms. The Bertz CT molecular complexity index is 1250. The van der Waals surface area contributed by atoms with E-state index in [0.29, 0.717) is 0 Å². The fourth-order valence-corrected chi connectivity index (χ4v) is 5.93. The highest BCUT2D eigenvalue weighted by atomic mass is 32.1. The number of hydrogen-bond acceptors (Lipinski definition) is 8. The van der Waals surface area contributed by atoms with Crippen LogP contribution < -0.4 is 18.9 Å². The van der Waals surface area contributed by atoms with Gasteiger partial charge in [0.1, 0.15) is 23.8 Å². The maximum atomic E-state index is 4.43. The molecule has 0 atom stereocenters. The smallest absolute Gasteiger partial charge is 0.372 e. The highest BCUT2D eigenvalue weighted by Crippen LogP contribution is 2.25. The van der Waals surface area contributed by atoms with E-state index in [4.69, 9.17) is 0 Å². The fourth-order valence-electron chi connectivity index (χ4n) is 4.44. The first-order chi connectivity index (χ1) is 19.6. The van der Waals surface area contributed by atoms with Crippen molar-refractivity contribution in [2.45, 2.75) is 68.5 Å². The highest BCUT2D eigenvalue weighted by molar-refractivity contribution is 7.13. The van der Waals surface area contributed by atoms with Crippen molar-refractivity contribution in [2.75, 3.05) is 36.0 Å². The fraction of sp³-hybridized carbons (Fsp3) is 0.438. The molecule has 2 aromatic heterocycles. The Morgan fingerprint density at radius 1 is 0.571 bits per heavy atom. The number of aromatic nitrogens is 2. The zero-order valence-electron chi connectivity index (χ0n) is 24.0. The predicted octanol–water partition coefficient (Wildman–Crippen LogP) is 9.66. The number of anilines is 2. The van der Waals surface area contributed by atoms with Gasteiger partial charge in [-0.3, -0.25) is 0 Å². The van der Waals surface area contributed by atoms with Crippen LogP contribution in [-0.4, -0.2) is 26.2 Å². The molecule has 0 unspecified atom stereocenters. The Morgan fingerprint density at radius 2 is 0.952 bits per heavy atom. The Labute approximate surface area is 260 Å². The van der Waals surface area contributed by atoms with E-state index in [2.05, 4.69) is 116 Å². The number of azo groups is 2. The van der Waals surface area contributed by atoms with E-state index in [1.165, 1.54) is 11.4 Å². The van der Waals surface area contributed by atoms with Crippen molar-refractivity contribution in [3.63, 3.8) is 0 Å². The van der Waals surface area contributed by atoms with Crippen LogP contribution in [0.2, 0.25) is 0 Å². The third-order valence-electron chi connectivity index (χ3n) is 6.80. The summed E-state index contributed by atoms with van der Waals surface area (Å²) in [5, 5.41) is 23.6. The summed E-state index contributed by atoms with van der Waals surface area (Å²) in [6, 6.07) is 16.8. The Hall–Kier alpha value is -3.50. The second-order valence-electron chi connectivity index (χ2n) is 9.24. The molecule has 0 spiro atoms. The average Bonchev–Trinajstić information content (AvgIpc) is 3.66. The van der Waals surface area contributed by atoms with Crippen LogP contribution in [0, 0.1) is 0 Å². The number of hydrogen-bond donors (Lipinski definition) is 0. The van der Waals surface area contributed by atoms with Gasteiger partial charge in [0.25, 0.3) is 0 Å². The molecule has 4 rings (SSSR count). The van der Waals surface area contributed by atoms with E-state index in [1.807, 2.05) is 23.2 Å². The normalized spacial score (nSPS) is 11.0. The van der Waals surface area contributed by atoms with Gasteiger partial charge in [0.15, 0.2) is 0 Å². The third-order valence-corrected chi connectivity index (χ3v) is 8.37. The molecule has 2 heterocycles. The topological polar surface area (TPSA) is 63.7 Å². The van der Waals surface area contributed by atoms with Gasteiger partial charge in [-0.2, -0.15) is 0 Å². The van der Waals surface area contributed by atoms with Gasteiger partial charge < -0.3 is 9.80 Å². The Morgan fingerprint density at radius 3 is 1.29 bits per heavy atom. The Balaban J connectivity index is 0.00000308. The molecule has 4 aromatic rings. The van der Waals surface area contributed by atoms with Crippen molar-refractivity contribution in [2.24, 2.45) is 20.5 Å². The van der Waals surface area contributed by atoms with Crippen LogP contribution in [0.1, 0.15) is 55.4 Å². The first kappa shape index (κ1) is 34.7. The molecule has 0 aliphatic heterocycles. The molecule has 8 nitrogen and oxygen atoms in total. The largest absolute Gasteiger partial charge is 0.408 e. The standard InChI is InChI=1S/C30H40N8S2.2CH4/c1-5-35(27-15-11-25(12-16-27)31-33-29-37(7-3)21-23-39-29)19-9-10-20-36(6-2)28-17-13-26(14-18-28)32-34-30-38(8-4)22-24-40-30;;/h11-18,21-24H,5-10,19-20H2,1-4H3;2*1H4/q+2;;. The van der Waals surface area contributed by atoms with E-state index < -0.39 is 0 Å². The average molecular weight is 609 g/mol. The van der Waals surface area contributed by atoms with Gasteiger partial charge in [0, 0.05) is 48.3 Å². The number of thiazole rings is 2. The van der Waals surface area contributed by atoms with Gasteiger partial charge in [-0.25, -0.2) is 9.13 Å². The monoisotopic (exact) mass is 608 g/mol. The predicted molar refractivity (Wildman–Crippen MR) is 180 cm³/mol. The summed E-state index contributed by atoms with van der Waals surface area (Å²) >= 11 is 3.21. The van der Waals surface area contributed by atoms with E-state index in [1.54, 1.807) is 22.7 Å². The van der Waals surface area contributed by atoms with Crippen molar-refractivity contribution in [3.8, 4) is 0 Å². The molecule has 42 heavy (non-hydrogen) atoms. The molecule has 2 aromatic carbocycles. The molecule has 226 valence electrons. The molecule has 0 aliphatic rings. The van der Waals surface area contributed by atoms with E-state index in [-0.39, 0.29) is 14.9 Å². The van der Waals surface area contributed by atoms with Crippen molar-refractivity contribution < 1.29 is 9.13 Å². The minimum atomic E-state index is 0. The van der Waals surface area contributed by atoms with Crippen LogP contribution in [0.25, 0.3) is 0 Å². The first-order valence-electron chi connectivity index (χ1n) is 14.1.